The lowest BCUT2D eigenvalue weighted by molar-refractivity contribution is 0.581. The summed E-state index contributed by atoms with van der Waals surface area (Å²) < 4.78 is 31.4. The van der Waals surface area contributed by atoms with Gasteiger partial charge in [0.05, 0.1) is 28.7 Å². The molecular weight excluding hydrogens is 388 g/mol. The van der Waals surface area contributed by atoms with Gasteiger partial charge in [0.1, 0.15) is 0 Å². The topological polar surface area (TPSA) is 87.6 Å². The van der Waals surface area contributed by atoms with Gasteiger partial charge in [0, 0.05) is 36.6 Å². The van der Waals surface area contributed by atoms with E-state index in [1.54, 1.807) is 52.1 Å². The first-order valence-electron chi connectivity index (χ1n) is 9.10. The minimum Gasteiger partial charge on any atom is -0.272 e. The van der Waals surface area contributed by atoms with Crippen molar-refractivity contribution in [2.75, 3.05) is 0 Å². The predicted molar refractivity (Wildman–Crippen MR) is 110 cm³/mol. The summed E-state index contributed by atoms with van der Waals surface area (Å²) in [5.74, 6) is 0. The van der Waals surface area contributed by atoms with Gasteiger partial charge in [-0.3, -0.25) is 9.36 Å². The summed E-state index contributed by atoms with van der Waals surface area (Å²) in [5.41, 5.74) is 5.24. The molecule has 1 aromatic carbocycles. The second kappa shape index (κ2) is 6.70. The van der Waals surface area contributed by atoms with E-state index in [0.717, 1.165) is 26.6 Å². The van der Waals surface area contributed by atoms with E-state index in [4.69, 9.17) is 0 Å². The Labute approximate surface area is 169 Å². The molecule has 0 saturated heterocycles. The Morgan fingerprint density at radius 3 is 1.90 bits per heavy atom. The smallest absolute Gasteiger partial charge is 0.272 e. The van der Waals surface area contributed by atoms with Crippen molar-refractivity contribution in [3.63, 3.8) is 0 Å². The first-order chi connectivity index (χ1) is 13.7. The number of benzene rings is 1. The van der Waals surface area contributed by atoms with Crippen molar-refractivity contribution in [3.8, 4) is 22.5 Å². The Balaban J connectivity index is 1.98. The second-order valence-electron chi connectivity index (χ2n) is 7.11. The van der Waals surface area contributed by atoms with E-state index in [-0.39, 0.29) is 4.90 Å². The first kappa shape index (κ1) is 19.1. The molecule has 0 bridgehead atoms. The van der Waals surface area contributed by atoms with Crippen molar-refractivity contribution in [1.82, 2.24) is 28.7 Å². The van der Waals surface area contributed by atoms with Gasteiger partial charge in [0.25, 0.3) is 10.0 Å². The molecule has 0 amide bonds. The standard InChI is InChI=1S/C20H22N6O2S/c1-13-6-8-16(9-7-13)29(27,28)26-20(18-12-22-25(5)15(18)3)10-19(23-26)17-11-21-24(4)14(17)2/h6-12H,1-5H3. The molecule has 0 spiro atoms. The number of rotatable bonds is 4. The van der Waals surface area contributed by atoms with E-state index >= 15 is 0 Å². The molecule has 0 N–H and O–H groups in total. The number of nitrogens with zero attached hydrogens (tertiary/aromatic N) is 6. The van der Waals surface area contributed by atoms with Gasteiger partial charge < -0.3 is 0 Å². The van der Waals surface area contributed by atoms with Crippen LogP contribution in [-0.4, -0.2) is 37.2 Å². The number of hydrogen-bond donors (Lipinski definition) is 0. The molecule has 0 saturated carbocycles. The summed E-state index contributed by atoms with van der Waals surface area (Å²) in [6.45, 7) is 5.73. The van der Waals surface area contributed by atoms with E-state index in [1.807, 2.05) is 34.9 Å². The molecule has 0 radical (unpaired) electrons. The van der Waals surface area contributed by atoms with Crippen molar-refractivity contribution in [3.05, 3.63) is 59.7 Å². The number of aromatic nitrogens is 6. The van der Waals surface area contributed by atoms with Crippen LogP contribution in [0.5, 0.6) is 0 Å². The number of hydrogen-bond acceptors (Lipinski definition) is 5. The zero-order valence-electron chi connectivity index (χ0n) is 16.9. The molecule has 29 heavy (non-hydrogen) atoms. The highest BCUT2D eigenvalue weighted by atomic mass is 32.2. The predicted octanol–water partition coefficient (Wildman–Crippen LogP) is 2.85. The number of aryl methyl sites for hydroxylation is 3. The van der Waals surface area contributed by atoms with E-state index in [1.165, 1.54) is 0 Å². The van der Waals surface area contributed by atoms with Crippen LogP contribution >= 0.6 is 0 Å². The van der Waals surface area contributed by atoms with Crippen LogP contribution in [0, 0.1) is 20.8 Å². The van der Waals surface area contributed by atoms with Gasteiger partial charge in [-0.25, -0.2) is 0 Å². The van der Waals surface area contributed by atoms with Crippen LogP contribution < -0.4 is 0 Å². The second-order valence-corrected chi connectivity index (χ2v) is 8.88. The maximum absolute atomic E-state index is 13.4. The third-order valence-corrected chi connectivity index (χ3v) is 6.85. The lowest BCUT2D eigenvalue weighted by Crippen LogP contribution is -2.16. The zero-order chi connectivity index (χ0) is 20.9. The van der Waals surface area contributed by atoms with Crippen molar-refractivity contribution >= 4 is 10.0 Å². The largest absolute Gasteiger partial charge is 0.283 e. The Hall–Kier alpha value is -3.20. The summed E-state index contributed by atoms with van der Waals surface area (Å²) in [6, 6.07) is 8.53. The fourth-order valence-electron chi connectivity index (χ4n) is 3.17. The maximum Gasteiger partial charge on any atom is 0.283 e. The van der Waals surface area contributed by atoms with Gasteiger partial charge in [-0.1, -0.05) is 17.7 Å². The van der Waals surface area contributed by atoms with E-state index < -0.39 is 10.0 Å². The summed E-state index contributed by atoms with van der Waals surface area (Å²) >= 11 is 0. The van der Waals surface area contributed by atoms with E-state index in [2.05, 4.69) is 15.3 Å². The van der Waals surface area contributed by atoms with Crippen LogP contribution in [0.1, 0.15) is 17.0 Å². The van der Waals surface area contributed by atoms with Crippen LogP contribution in [0.25, 0.3) is 22.5 Å². The molecule has 3 heterocycles. The molecule has 9 heteroatoms. The lowest BCUT2D eigenvalue weighted by atomic mass is 10.1. The molecule has 0 fully saturated rings. The molecule has 0 aliphatic rings. The molecule has 0 aliphatic heterocycles. The summed E-state index contributed by atoms with van der Waals surface area (Å²) in [7, 11) is -0.236. The highest BCUT2D eigenvalue weighted by molar-refractivity contribution is 7.90. The highest BCUT2D eigenvalue weighted by Gasteiger charge is 2.26. The molecule has 4 rings (SSSR count). The molecule has 4 aromatic rings. The van der Waals surface area contributed by atoms with Gasteiger partial charge in [0.15, 0.2) is 0 Å². The van der Waals surface area contributed by atoms with Crippen molar-refractivity contribution in [2.45, 2.75) is 25.7 Å². The fourth-order valence-corrected chi connectivity index (χ4v) is 4.46. The van der Waals surface area contributed by atoms with Crippen LogP contribution in [0.3, 0.4) is 0 Å². The van der Waals surface area contributed by atoms with Gasteiger partial charge >= 0.3 is 0 Å². The fraction of sp³-hybridized carbons (Fsp3) is 0.250. The SMILES string of the molecule is Cc1ccc(S(=O)(=O)n2nc(-c3cnn(C)c3C)cc2-c2cnn(C)c2C)cc1. The normalized spacial score (nSPS) is 11.9. The van der Waals surface area contributed by atoms with Gasteiger partial charge in [-0.2, -0.15) is 27.8 Å². The van der Waals surface area contributed by atoms with Gasteiger partial charge in [-0.05, 0) is 39.0 Å². The van der Waals surface area contributed by atoms with E-state index in [0.29, 0.717) is 17.0 Å². The minimum atomic E-state index is -3.89. The molecular formula is C20H22N6O2S. The molecule has 8 nitrogen and oxygen atoms in total. The third kappa shape index (κ3) is 3.07. The van der Waals surface area contributed by atoms with E-state index in [9.17, 15) is 8.42 Å². The molecule has 3 aromatic heterocycles. The Morgan fingerprint density at radius 1 is 0.828 bits per heavy atom. The minimum absolute atomic E-state index is 0.184. The van der Waals surface area contributed by atoms with Crippen LogP contribution in [0.4, 0.5) is 0 Å². The van der Waals surface area contributed by atoms with Gasteiger partial charge in [0.2, 0.25) is 0 Å². The maximum atomic E-state index is 13.4. The zero-order valence-corrected chi connectivity index (χ0v) is 17.8. The molecule has 0 atom stereocenters. The summed E-state index contributed by atoms with van der Waals surface area (Å²) in [6.07, 6.45) is 3.35. The Kier molecular flexibility index (Phi) is 4.42. The van der Waals surface area contributed by atoms with Crippen LogP contribution in [0.2, 0.25) is 0 Å². The monoisotopic (exact) mass is 410 g/mol. The third-order valence-electron chi connectivity index (χ3n) is 5.25. The quantitative estimate of drug-likeness (QED) is 0.516. The summed E-state index contributed by atoms with van der Waals surface area (Å²) in [4.78, 5) is 0.184. The molecule has 0 unspecified atom stereocenters. The average molecular weight is 411 g/mol. The van der Waals surface area contributed by atoms with Crippen LogP contribution in [-0.2, 0) is 24.1 Å². The lowest BCUT2D eigenvalue weighted by Gasteiger charge is -2.09. The first-order valence-corrected chi connectivity index (χ1v) is 10.5. The Morgan fingerprint density at radius 2 is 1.38 bits per heavy atom. The average Bonchev–Trinajstić information content (AvgIpc) is 3.35. The van der Waals surface area contributed by atoms with Crippen LogP contribution in [0.15, 0.2) is 47.6 Å². The van der Waals surface area contributed by atoms with Crippen molar-refractivity contribution in [2.24, 2.45) is 14.1 Å². The molecule has 0 aliphatic carbocycles. The highest BCUT2D eigenvalue weighted by Crippen LogP contribution is 2.32. The van der Waals surface area contributed by atoms with Gasteiger partial charge in [-0.15, -0.1) is 0 Å². The Bertz CT molecular complexity index is 1310. The summed E-state index contributed by atoms with van der Waals surface area (Å²) in [5, 5.41) is 13.0. The van der Waals surface area contributed by atoms with Crippen molar-refractivity contribution in [1.29, 1.82) is 0 Å². The van der Waals surface area contributed by atoms with Crippen molar-refractivity contribution < 1.29 is 8.42 Å². The molecule has 150 valence electrons.